The molecule has 3 aliphatic heterocycles. The van der Waals surface area contributed by atoms with Crippen molar-refractivity contribution in [3.63, 3.8) is 0 Å². The Morgan fingerprint density at radius 1 is 1.10 bits per heavy atom. The van der Waals surface area contributed by atoms with Crippen LogP contribution < -0.4 is 10.9 Å². The smallest absolute Gasteiger partial charge is 0.273 e. The maximum absolute atomic E-state index is 15.4. The number of benzene rings is 1. The lowest BCUT2D eigenvalue weighted by Crippen LogP contribution is -2.48. The van der Waals surface area contributed by atoms with Crippen LogP contribution in [0.25, 0.3) is 11.0 Å². The van der Waals surface area contributed by atoms with Crippen molar-refractivity contribution < 1.29 is 13.5 Å². The van der Waals surface area contributed by atoms with Crippen LogP contribution in [0.5, 0.6) is 0 Å². The van der Waals surface area contributed by atoms with Gasteiger partial charge in [-0.3, -0.25) is 9.36 Å². The van der Waals surface area contributed by atoms with Gasteiger partial charge in [-0.05, 0) is 69.2 Å². The monoisotopic (exact) mass is 562 g/mol. The minimum Gasteiger partial charge on any atom is -0.381 e. The van der Waals surface area contributed by atoms with E-state index in [1.54, 1.807) is 22.8 Å². The number of anilines is 1. The van der Waals surface area contributed by atoms with E-state index in [0.717, 1.165) is 19.4 Å². The lowest BCUT2D eigenvalue weighted by atomic mass is 9.89. The van der Waals surface area contributed by atoms with Crippen LogP contribution in [-0.2, 0) is 22.6 Å². The summed E-state index contributed by atoms with van der Waals surface area (Å²) in [5.74, 6) is -2.43. The van der Waals surface area contributed by atoms with Crippen LogP contribution in [0.1, 0.15) is 68.2 Å². The van der Waals surface area contributed by atoms with Crippen molar-refractivity contribution in [2.45, 2.75) is 69.4 Å². The molecule has 5 heterocycles. The van der Waals surface area contributed by atoms with Gasteiger partial charge < -0.3 is 15.0 Å². The lowest BCUT2D eigenvalue weighted by molar-refractivity contribution is -0.0570. The zero-order chi connectivity index (χ0) is 28.6. The zero-order valence-electron chi connectivity index (χ0n) is 23.4. The molecule has 216 valence electrons. The predicted octanol–water partition coefficient (Wildman–Crippen LogP) is 5.13. The minimum atomic E-state index is -2.92. The van der Waals surface area contributed by atoms with Crippen LogP contribution in [0, 0.1) is 17.2 Å². The zero-order valence-corrected chi connectivity index (χ0v) is 23.4. The summed E-state index contributed by atoms with van der Waals surface area (Å²) < 4.78 is 38.2. The number of hydrogen-bond acceptors (Lipinski definition) is 7. The van der Waals surface area contributed by atoms with Gasteiger partial charge in [0.15, 0.2) is 0 Å². The summed E-state index contributed by atoms with van der Waals surface area (Å²) in [6.45, 7) is 5.74. The third-order valence-electron chi connectivity index (χ3n) is 8.79. The maximum Gasteiger partial charge on any atom is 0.273 e. The highest BCUT2D eigenvalue weighted by atomic mass is 19.3. The van der Waals surface area contributed by atoms with Crippen LogP contribution in [-0.4, -0.2) is 52.3 Å². The van der Waals surface area contributed by atoms with Gasteiger partial charge in [0, 0.05) is 56.4 Å². The molecule has 8 bridgehead atoms. The van der Waals surface area contributed by atoms with Gasteiger partial charge in [-0.1, -0.05) is 18.2 Å². The van der Waals surface area contributed by atoms with Crippen molar-refractivity contribution in [2.24, 2.45) is 5.92 Å². The molecule has 3 aromatic rings. The molecule has 1 aliphatic carbocycles. The molecule has 2 fully saturated rings. The second-order valence-electron chi connectivity index (χ2n) is 11.9. The quantitative estimate of drug-likeness (QED) is 0.439. The highest BCUT2D eigenvalue weighted by Gasteiger charge is 2.47. The number of hydrogen-bond donors (Lipinski definition) is 1. The third kappa shape index (κ3) is 5.57. The van der Waals surface area contributed by atoms with Crippen molar-refractivity contribution >= 4 is 16.9 Å². The summed E-state index contributed by atoms with van der Waals surface area (Å²) >= 11 is 0. The number of aryl methyl sites for hydroxylation is 1. The SMILES string of the molecule is C[C@@H]1Nc2ncnc3c2cc(C2(C#N)CC2)c(=O)n3CCCOCCCCN2CC(C2)CC(F)(F)c2cccc1c2. The summed E-state index contributed by atoms with van der Waals surface area (Å²) in [4.78, 5) is 24.8. The highest BCUT2D eigenvalue weighted by molar-refractivity contribution is 5.87. The molecule has 1 N–H and O–H groups in total. The first kappa shape index (κ1) is 27.7. The van der Waals surface area contributed by atoms with E-state index in [2.05, 4.69) is 26.3 Å². The van der Waals surface area contributed by atoms with Crippen molar-refractivity contribution in [1.82, 2.24) is 19.4 Å². The average molecular weight is 563 g/mol. The fourth-order valence-corrected chi connectivity index (χ4v) is 6.17. The van der Waals surface area contributed by atoms with Gasteiger partial charge >= 0.3 is 0 Å². The van der Waals surface area contributed by atoms with E-state index >= 15 is 8.78 Å². The summed E-state index contributed by atoms with van der Waals surface area (Å²) in [5.41, 5.74) is 0.689. The Kier molecular flexibility index (Phi) is 7.51. The van der Waals surface area contributed by atoms with E-state index in [1.165, 1.54) is 12.4 Å². The largest absolute Gasteiger partial charge is 0.381 e. The fourth-order valence-electron chi connectivity index (χ4n) is 6.17. The molecule has 1 saturated heterocycles. The van der Waals surface area contributed by atoms with Crippen molar-refractivity contribution in [2.75, 3.05) is 38.2 Å². The number of fused-ring (bicyclic) bond motifs is 9. The number of nitriles is 1. The number of alkyl halides is 2. The number of nitrogens with zero attached hydrogens (tertiary/aromatic N) is 5. The predicted molar refractivity (Wildman–Crippen MR) is 152 cm³/mol. The average Bonchev–Trinajstić information content (AvgIpc) is 3.74. The maximum atomic E-state index is 15.4. The molecule has 0 amide bonds. The molecule has 1 atom stereocenters. The Balaban J connectivity index is 1.37. The fraction of sp³-hybridized carbons (Fsp3) is 0.548. The summed E-state index contributed by atoms with van der Waals surface area (Å²) in [5, 5.41) is 13.9. The Morgan fingerprint density at radius 2 is 1.90 bits per heavy atom. The first-order valence-corrected chi connectivity index (χ1v) is 14.6. The van der Waals surface area contributed by atoms with E-state index < -0.39 is 11.3 Å². The Bertz CT molecular complexity index is 1520. The summed E-state index contributed by atoms with van der Waals surface area (Å²) in [7, 11) is 0. The van der Waals surface area contributed by atoms with Crippen LogP contribution >= 0.6 is 0 Å². The minimum absolute atomic E-state index is 0.0133. The lowest BCUT2D eigenvalue weighted by Gasteiger charge is -2.41. The van der Waals surface area contributed by atoms with Crippen molar-refractivity contribution in [1.29, 1.82) is 5.26 Å². The standard InChI is InChI=1S/C31H36F2N6O2/c1-21-23-6-4-7-24(14-23)31(32,33)16-22-17-38(18-22)10-2-3-12-41-13-5-11-39-28-25(27(37-21)35-20-36-28)15-26(29(39)40)30(19-34)8-9-30/h4,6-7,14-15,20-22H,2-3,5,8-13,16-18H2,1H3,(H,35,36,37)/t21-/m0/s1. The van der Waals surface area contributed by atoms with Crippen molar-refractivity contribution in [3.8, 4) is 6.07 Å². The molecule has 0 radical (unpaired) electrons. The Hall–Kier alpha value is -3.42. The number of rotatable bonds is 1. The number of pyridine rings is 1. The molecular formula is C31H36F2N6O2. The van der Waals surface area contributed by atoms with E-state index in [9.17, 15) is 10.1 Å². The third-order valence-corrected chi connectivity index (χ3v) is 8.79. The molecule has 0 spiro atoms. The second-order valence-corrected chi connectivity index (χ2v) is 11.9. The molecular weight excluding hydrogens is 526 g/mol. The van der Waals surface area contributed by atoms with E-state index in [0.29, 0.717) is 80.1 Å². The molecule has 0 unspecified atom stereocenters. The Morgan fingerprint density at radius 3 is 2.68 bits per heavy atom. The molecule has 4 aliphatic rings. The van der Waals surface area contributed by atoms with Crippen LogP contribution in [0.3, 0.4) is 0 Å². The van der Waals surface area contributed by atoms with Crippen molar-refractivity contribution in [3.05, 3.63) is 63.7 Å². The number of aromatic nitrogens is 3. The molecule has 41 heavy (non-hydrogen) atoms. The molecule has 7 rings (SSSR count). The van der Waals surface area contributed by atoms with Crippen LogP contribution in [0.2, 0.25) is 0 Å². The highest BCUT2D eigenvalue weighted by Crippen LogP contribution is 2.47. The molecule has 1 aromatic carbocycles. The number of ether oxygens (including phenoxy) is 1. The molecule has 10 heteroatoms. The van der Waals surface area contributed by atoms with Gasteiger partial charge in [0.1, 0.15) is 17.8 Å². The van der Waals surface area contributed by atoms with Gasteiger partial charge in [0.05, 0.1) is 16.9 Å². The van der Waals surface area contributed by atoms with E-state index in [-0.39, 0.29) is 29.5 Å². The van der Waals surface area contributed by atoms with E-state index in [4.69, 9.17) is 4.74 Å². The van der Waals surface area contributed by atoms with Gasteiger partial charge in [0.2, 0.25) is 0 Å². The van der Waals surface area contributed by atoms with Gasteiger partial charge in [-0.2, -0.15) is 5.26 Å². The molecule has 1 saturated carbocycles. The number of nitrogens with one attached hydrogen (secondary N) is 1. The Labute approximate surface area is 238 Å². The molecule has 8 nitrogen and oxygen atoms in total. The van der Waals surface area contributed by atoms with Crippen LogP contribution in [0.4, 0.5) is 14.6 Å². The normalized spacial score (nSPS) is 26.0. The van der Waals surface area contributed by atoms with Gasteiger partial charge in [-0.15, -0.1) is 0 Å². The van der Waals surface area contributed by atoms with E-state index in [1.807, 2.05) is 13.0 Å². The summed E-state index contributed by atoms with van der Waals surface area (Å²) in [6.07, 6.45) is 5.02. The second kappa shape index (κ2) is 11.1. The van der Waals surface area contributed by atoms with Gasteiger partial charge in [-0.25, -0.2) is 18.7 Å². The first-order chi connectivity index (χ1) is 19.8. The van der Waals surface area contributed by atoms with Gasteiger partial charge in [0.25, 0.3) is 11.5 Å². The number of halogens is 2. The summed E-state index contributed by atoms with van der Waals surface area (Å²) in [6, 6.07) is 10.4. The topological polar surface area (TPSA) is 96.1 Å². The molecule has 2 aromatic heterocycles. The first-order valence-electron chi connectivity index (χ1n) is 14.6. The van der Waals surface area contributed by atoms with Crippen LogP contribution in [0.15, 0.2) is 41.5 Å².